The summed E-state index contributed by atoms with van der Waals surface area (Å²) in [5, 5.41) is 10.5. The van der Waals surface area contributed by atoms with Crippen LogP contribution in [0.3, 0.4) is 0 Å². The molecule has 0 bridgehead atoms. The molecule has 0 radical (unpaired) electrons. The Bertz CT molecular complexity index is 460. The number of nitrogens with one attached hydrogen (secondary N) is 1. The Labute approximate surface area is 92.9 Å². The van der Waals surface area contributed by atoms with Crippen molar-refractivity contribution in [2.24, 2.45) is 0 Å². The molecule has 0 unspecified atom stereocenters. The summed E-state index contributed by atoms with van der Waals surface area (Å²) < 4.78 is 24.6. The number of para-hydroxylation sites is 1. The molecule has 0 aromatic heterocycles. The van der Waals surface area contributed by atoms with Crippen molar-refractivity contribution in [3.8, 4) is 0 Å². The molecule has 0 saturated carbocycles. The van der Waals surface area contributed by atoms with Gasteiger partial charge < -0.3 is 0 Å². The van der Waals surface area contributed by atoms with Gasteiger partial charge in [0.2, 0.25) is 10.0 Å². The third-order valence-electron chi connectivity index (χ3n) is 1.62. The number of nitro benzene ring substituents is 1. The number of hydrogen-bond acceptors (Lipinski definition) is 4. The van der Waals surface area contributed by atoms with Gasteiger partial charge in [0, 0.05) is 6.07 Å². The maximum absolute atomic E-state index is 11.3. The first kappa shape index (κ1) is 13.8. The highest BCUT2D eigenvalue weighted by molar-refractivity contribution is 7.89. The van der Waals surface area contributed by atoms with E-state index in [-0.39, 0.29) is 17.3 Å². The van der Waals surface area contributed by atoms with Crippen LogP contribution in [0.1, 0.15) is 0 Å². The van der Waals surface area contributed by atoms with E-state index in [0.717, 1.165) is 6.07 Å². The molecule has 0 aliphatic rings. The van der Waals surface area contributed by atoms with Crippen molar-refractivity contribution in [1.29, 1.82) is 0 Å². The Morgan fingerprint density at radius 1 is 1.33 bits per heavy atom. The van der Waals surface area contributed by atoms with Crippen LogP contribution in [0.4, 0.5) is 5.69 Å². The van der Waals surface area contributed by atoms with E-state index in [9.17, 15) is 18.5 Å². The number of halogens is 1. The van der Waals surface area contributed by atoms with Gasteiger partial charge in [0.05, 0.1) is 4.92 Å². The summed E-state index contributed by atoms with van der Waals surface area (Å²) in [5.74, 6) is 0. The Hall–Kier alpha value is -1.18. The molecule has 0 aliphatic heterocycles. The van der Waals surface area contributed by atoms with Gasteiger partial charge in [-0.05, 0) is 13.1 Å². The molecule has 1 aromatic rings. The molecule has 0 saturated heterocycles. The van der Waals surface area contributed by atoms with Crippen LogP contribution in [-0.2, 0) is 10.0 Å². The fourth-order valence-corrected chi connectivity index (χ4v) is 1.84. The predicted octanol–water partition coefficient (Wildman–Crippen LogP) is 0.925. The third-order valence-corrected chi connectivity index (χ3v) is 3.08. The number of hydrogen-bond donors (Lipinski definition) is 1. The summed E-state index contributed by atoms with van der Waals surface area (Å²) >= 11 is 0. The normalized spacial score (nSPS) is 10.5. The van der Waals surface area contributed by atoms with Gasteiger partial charge in [-0.3, -0.25) is 10.1 Å². The molecule has 0 aliphatic carbocycles. The van der Waals surface area contributed by atoms with E-state index in [4.69, 9.17) is 0 Å². The summed E-state index contributed by atoms with van der Waals surface area (Å²) in [4.78, 5) is 9.44. The lowest BCUT2D eigenvalue weighted by molar-refractivity contribution is -0.387. The first-order chi connectivity index (χ1) is 6.49. The van der Waals surface area contributed by atoms with Crippen molar-refractivity contribution in [2.45, 2.75) is 4.90 Å². The number of nitro groups is 1. The minimum atomic E-state index is -3.77. The minimum Gasteiger partial charge on any atom is -0.258 e. The van der Waals surface area contributed by atoms with E-state index >= 15 is 0 Å². The van der Waals surface area contributed by atoms with Crippen molar-refractivity contribution in [1.82, 2.24) is 4.72 Å². The molecule has 8 heteroatoms. The quantitative estimate of drug-likeness (QED) is 0.640. The van der Waals surface area contributed by atoms with Gasteiger partial charge in [-0.25, -0.2) is 13.1 Å². The molecule has 84 valence electrons. The van der Waals surface area contributed by atoms with Gasteiger partial charge in [0.25, 0.3) is 5.69 Å². The van der Waals surface area contributed by atoms with Crippen LogP contribution >= 0.6 is 12.4 Å². The number of nitrogens with zero attached hydrogens (tertiary/aromatic N) is 1. The van der Waals surface area contributed by atoms with Crippen LogP contribution in [0.25, 0.3) is 0 Å². The van der Waals surface area contributed by atoms with E-state index in [0.29, 0.717) is 0 Å². The number of sulfonamides is 1. The highest BCUT2D eigenvalue weighted by Gasteiger charge is 2.23. The highest BCUT2D eigenvalue weighted by Crippen LogP contribution is 2.21. The third kappa shape index (κ3) is 2.88. The molecule has 0 amide bonds. The second-order valence-corrected chi connectivity index (χ2v) is 4.29. The highest BCUT2D eigenvalue weighted by atomic mass is 35.5. The molecular formula is C7H9ClN2O4S. The second kappa shape index (κ2) is 5.06. The summed E-state index contributed by atoms with van der Waals surface area (Å²) in [6.45, 7) is 0. The van der Waals surface area contributed by atoms with Crippen molar-refractivity contribution in [3.63, 3.8) is 0 Å². The van der Waals surface area contributed by atoms with E-state index < -0.39 is 20.6 Å². The average Bonchev–Trinajstić information content (AvgIpc) is 2.18. The number of benzene rings is 1. The zero-order chi connectivity index (χ0) is 10.8. The minimum absolute atomic E-state index is 0. The SMILES string of the molecule is CNS(=O)(=O)c1ccccc1[N+](=O)[O-].Cl. The smallest absolute Gasteiger partial charge is 0.258 e. The summed E-state index contributed by atoms with van der Waals surface area (Å²) in [6.07, 6.45) is 0. The summed E-state index contributed by atoms with van der Waals surface area (Å²) in [7, 11) is -2.57. The first-order valence-corrected chi connectivity index (χ1v) is 5.14. The molecule has 1 aromatic carbocycles. The standard InChI is InChI=1S/C7H8N2O4S.ClH/c1-8-14(12,13)7-5-3-2-4-6(7)9(10)11;/h2-5,8H,1H3;1H. The molecule has 15 heavy (non-hydrogen) atoms. The van der Waals surface area contributed by atoms with Gasteiger partial charge >= 0.3 is 0 Å². The van der Waals surface area contributed by atoms with Crippen molar-refractivity contribution in [2.75, 3.05) is 7.05 Å². The maximum Gasteiger partial charge on any atom is 0.289 e. The summed E-state index contributed by atoms with van der Waals surface area (Å²) in [5.41, 5.74) is -0.429. The fraction of sp³-hybridized carbons (Fsp3) is 0.143. The van der Waals surface area contributed by atoms with Gasteiger partial charge in [0.1, 0.15) is 0 Å². The zero-order valence-electron chi connectivity index (χ0n) is 7.71. The molecule has 6 nitrogen and oxygen atoms in total. The monoisotopic (exact) mass is 252 g/mol. The van der Waals surface area contributed by atoms with Crippen LogP contribution in [0.5, 0.6) is 0 Å². The Balaban J connectivity index is 0.00000196. The second-order valence-electron chi connectivity index (χ2n) is 2.43. The lowest BCUT2D eigenvalue weighted by Gasteiger charge is -2.02. The van der Waals surface area contributed by atoms with Gasteiger partial charge in [0.15, 0.2) is 4.90 Å². The van der Waals surface area contributed by atoms with Crippen molar-refractivity contribution >= 4 is 28.1 Å². The molecule has 0 heterocycles. The maximum atomic E-state index is 11.3. The van der Waals surface area contributed by atoms with Crippen LogP contribution in [0.2, 0.25) is 0 Å². The van der Waals surface area contributed by atoms with E-state index in [1.807, 2.05) is 4.72 Å². The van der Waals surface area contributed by atoms with Crippen LogP contribution in [0.15, 0.2) is 29.2 Å². The molecule has 0 atom stereocenters. The Kier molecular flexibility index (Phi) is 4.66. The number of rotatable bonds is 3. The van der Waals surface area contributed by atoms with Crippen LogP contribution < -0.4 is 4.72 Å². The topological polar surface area (TPSA) is 89.3 Å². The lowest BCUT2D eigenvalue weighted by atomic mass is 10.3. The predicted molar refractivity (Wildman–Crippen MR) is 56.6 cm³/mol. The molecular weight excluding hydrogens is 244 g/mol. The van der Waals surface area contributed by atoms with Gasteiger partial charge in [-0.2, -0.15) is 0 Å². The van der Waals surface area contributed by atoms with Crippen LogP contribution in [-0.4, -0.2) is 20.4 Å². The van der Waals surface area contributed by atoms with Crippen LogP contribution in [0, 0.1) is 10.1 Å². The van der Waals surface area contributed by atoms with E-state index in [2.05, 4.69) is 0 Å². The fourth-order valence-electron chi connectivity index (χ4n) is 0.945. The Morgan fingerprint density at radius 3 is 2.33 bits per heavy atom. The molecule has 0 spiro atoms. The zero-order valence-corrected chi connectivity index (χ0v) is 9.34. The van der Waals surface area contributed by atoms with E-state index in [1.54, 1.807) is 0 Å². The molecule has 0 fully saturated rings. The Morgan fingerprint density at radius 2 is 1.87 bits per heavy atom. The average molecular weight is 253 g/mol. The van der Waals surface area contributed by atoms with E-state index in [1.165, 1.54) is 25.2 Å². The van der Waals surface area contributed by atoms with Crippen molar-refractivity contribution < 1.29 is 13.3 Å². The van der Waals surface area contributed by atoms with Gasteiger partial charge in [-0.1, -0.05) is 12.1 Å². The molecule has 1 N–H and O–H groups in total. The van der Waals surface area contributed by atoms with Crippen molar-refractivity contribution in [3.05, 3.63) is 34.4 Å². The summed E-state index contributed by atoms with van der Waals surface area (Å²) in [6, 6.07) is 5.16. The first-order valence-electron chi connectivity index (χ1n) is 3.66. The largest absolute Gasteiger partial charge is 0.289 e. The van der Waals surface area contributed by atoms with Gasteiger partial charge in [-0.15, -0.1) is 12.4 Å². The lowest BCUT2D eigenvalue weighted by Crippen LogP contribution is -2.19. The molecule has 1 rings (SSSR count).